The van der Waals surface area contributed by atoms with Crippen molar-refractivity contribution < 1.29 is 4.79 Å². The molecule has 0 aliphatic carbocycles. The summed E-state index contributed by atoms with van der Waals surface area (Å²) >= 11 is 5.37. The average Bonchev–Trinajstić information content (AvgIpc) is 2.75. The lowest BCUT2D eigenvalue weighted by Crippen LogP contribution is -2.31. The van der Waals surface area contributed by atoms with Crippen molar-refractivity contribution in [2.24, 2.45) is 0 Å². The van der Waals surface area contributed by atoms with E-state index < -0.39 is 0 Å². The van der Waals surface area contributed by atoms with E-state index in [4.69, 9.17) is 12.2 Å². The van der Waals surface area contributed by atoms with Crippen molar-refractivity contribution in [2.75, 3.05) is 13.1 Å². The number of imidazole rings is 1. The number of hydrogen-bond acceptors (Lipinski definition) is 2. The minimum Gasteiger partial charge on any atom is -0.343 e. The molecule has 4 nitrogen and oxygen atoms in total. The molecular weight excluding hydrogens is 270 g/mol. The third-order valence-electron chi connectivity index (χ3n) is 3.66. The summed E-state index contributed by atoms with van der Waals surface area (Å²) in [6.45, 7) is 8.21. The monoisotopic (exact) mass is 291 g/mol. The number of aromatic amines is 1. The minimum absolute atomic E-state index is 0.180. The number of fused-ring (bicyclic) bond motifs is 1. The van der Waals surface area contributed by atoms with Crippen LogP contribution in [0.3, 0.4) is 0 Å². The highest BCUT2D eigenvalue weighted by molar-refractivity contribution is 7.71. The molecule has 1 heterocycles. The zero-order chi connectivity index (χ0) is 14.7. The van der Waals surface area contributed by atoms with E-state index >= 15 is 0 Å². The summed E-state index contributed by atoms with van der Waals surface area (Å²) in [7, 11) is 0. The highest BCUT2D eigenvalue weighted by atomic mass is 32.1. The van der Waals surface area contributed by atoms with Crippen LogP contribution >= 0.6 is 12.2 Å². The van der Waals surface area contributed by atoms with Crippen molar-refractivity contribution in [3.8, 4) is 0 Å². The molecule has 0 saturated carbocycles. The predicted molar refractivity (Wildman–Crippen MR) is 84.4 cm³/mol. The van der Waals surface area contributed by atoms with E-state index in [2.05, 4.69) is 18.0 Å². The molecule has 0 saturated heterocycles. The molecule has 0 radical (unpaired) electrons. The summed E-state index contributed by atoms with van der Waals surface area (Å²) in [6, 6.07) is 6.09. The molecule has 5 heteroatoms. The maximum absolute atomic E-state index is 12.1. The summed E-state index contributed by atoms with van der Waals surface area (Å²) in [6.07, 6.45) is 0.483. The lowest BCUT2D eigenvalue weighted by atomic mass is 10.2. The average molecular weight is 291 g/mol. The molecule has 0 fully saturated rings. The molecule has 1 N–H and O–H groups in total. The van der Waals surface area contributed by atoms with Gasteiger partial charge in [0.25, 0.3) is 0 Å². The molecule has 0 bridgehead atoms. The molecule has 0 aliphatic heterocycles. The van der Waals surface area contributed by atoms with Gasteiger partial charge in [0.2, 0.25) is 5.91 Å². The molecular formula is C15H21N3OS. The minimum atomic E-state index is 0.180. The van der Waals surface area contributed by atoms with Crippen LogP contribution in [0.25, 0.3) is 11.0 Å². The number of nitrogens with zero attached hydrogens (tertiary/aromatic N) is 2. The van der Waals surface area contributed by atoms with Crippen LogP contribution in [0, 0.1) is 11.7 Å². The molecule has 0 aliphatic rings. The zero-order valence-corrected chi connectivity index (χ0v) is 13.1. The molecule has 0 unspecified atom stereocenters. The number of carbonyl (C=O) groups excluding carboxylic acids is 1. The van der Waals surface area contributed by atoms with Gasteiger partial charge in [0, 0.05) is 26.1 Å². The van der Waals surface area contributed by atoms with Crippen molar-refractivity contribution in [1.29, 1.82) is 0 Å². The van der Waals surface area contributed by atoms with Crippen molar-refractivity contribution in [2.45, 2.75) is 33.7 Å². The van der Waals surface area contributed by atoms with Crippen molar-refractivity contribution in [3.05, 3.63) is 28.5 Å². The fourth-order valence-electron chi connectivity index (χ4n) is 2.56. The van der Waals surface area contributed by atoms with Crippen LogP contribution in [-0.4, -0.2) is 33.4 Å². The summed E-state index contributed by atoms with van der Waals surface area (Å²) in [5, 5.41) is 0. The Morgan fingerprint density at radius 1 is 1.35 bits per heavy atom. The number of hydrogen-bond donors (Lipinski definition) is 1. The molecule has 0 spiro atoms. The highest BCUT2D eigenvalue weighted by Crippen LogP contribution is 2.18. The molecule has 2 aromatic rings. The van der Waals surface area contributed by atoms with Crippen LogP contribution in [0.1, 0.15) is 25.8 Å². The number of H-pyrrole nitrogens is 1. The first-order chi connectivity index (χ1) is 9.58. The fraction of sp³-hybridized carbons (Fsp3) is 0.467. The second kappa shape index (κ2) is 6.22. The second-order valence-electron chi connectivity index (χ2n) is 4.87. The van der Waals surface area contributed by atoms with Gasteiger partial charge in [-0.2, -0.15) is 0 Å². The van der Waals surface area contributed by atoms with Gasteiger partial charge in [0.15, 0.2) is 4.77 Å². The van der Waals surface area contributed by atoms with Crippen molar-refractivity contribution in [3.63, 3.8) is 0 Å². The maximum Gasteiger partial charge on any atom is 0.224 e. The zero-order valence-electron chi connectivity index (χ0n) is 12.3. The second-order valence-corrected chi connectivity index (χ2v) is 5.26. The number of aryl methyl sites for hydroxylation is 2. The number of para-hydroxylation sites is 1. The van der Waals surface area contributed by atoms with Crippen LogP contribution in [0.5, 0.6) is 0 Å². The quantitative estimate of drug-likeness (QED) is 0.859. The lowest BCUT2D eigenvalue weighted by Gasteiger charge is -2.18. The molecule has 1 aromatic carbocycles. The van der Waals surface area contributed by atoms with E-state index in [1.165, 1.54) is 5.56 Å². The Morgan fingerprint density at radius 3 is 2.70 bits per heavy atom. The van der Waals surface area contributed by atoms with Crippen LogP contribution in [0.2, 0.25) is 0 Å². The molecule has 20 heavy (non-hydrogen) atoms. The van der Waals surface area contributed by atoms with E-state index in [0.29, 0.717) is 17.7 Å². The topological polar surface area (TPSA) is 41.0 Å². The first-order valence-corrected chi connectivity index (χ1v) is 7.45. The van der Waals surface area contributed by atoms with Crippen LogP contribution in [0.15, 0.2) is 18.2 Å². The van der Waals surface area contributed by atoms with Crippen LogP contribution < -0.4 is 0 Å². The van der Waals surface area contributed by atoms with E-state index in [1.54, 1.807) is 0 Å². The Hall–Kier alpha value is -1.62. The Bertz CT molecular complexity index is 667. The SMILES string of the molecule is CCN(CC)C(=O)CCn1c(=S)[nH]c2cccc(C)c21. The van der Waals surface area contributed by atoms with E-state index in [0.717, 1.165) is 24.1 Å². The summed E-state index contributed by atoms with van der Waals surface area (Å²) in [5.74, 6) is 0.180. The Balaban J connectivity index is 2.24. The van der Waals surface area contributed by atoms with Gasteiger partial charge in [0.05, 0.1) is 11.0 Å². The van der Waals surface area contributed by atoms with E-state index in [-0.39, 0.29) is 5.91 Å². The number of amides is 1. The van der Waals surface area contributed by atoms with Gasteiger partial charge < -0.3 is 14.5 Å². The van der Waals surface area contributed by atoms with E-state index in [1.807, 2.05) is 35.4 Å². The smallest absolute Gasteiger partial charge is 0.224 e. The normalized spacial score (nSPS) is 10.9. The number of nitrogens with one attached hydrogen (secondary N) is 1. The van der Waals surface area contributed by atoms with Crippen LogP contribution in [-0.2, 0) is 11.3 Å². The molecule has 108 valence electrons. The Labute approximate surface area is 124 Å². The van der Waals surface area contributed by atoms with Gasteiger partial charge in [-0.3, -0.25) is 4.79 Å². The van der Waals surface area contributed by atoms with Gasteiger partial charge in [-0.25, -0.2) is 0 Å². The maximum atomic E-state index is 12.1. The Morgan fingerprint density at radius 2 is 2.05 bits per heavy atom. The third kappa shape index (κ3) is 2.77. The highest BCUT2D eigenvalue weighted by Gasteiger charge is 2.12. The number of aromatic nitrogens is 2. The molecule has 0 atom stereocenters. The fourth-order valence-corrected chi connectivity index (χ4v) is 2.85. The first-order valence-electron chi connectivity index (χ1n) is 7.04. The number of benzene rings is 1. The van der Waals surface area contributed by atoms with Crippen molar-refractivity contribution in [1.82, 2.24) is 14.5 Å². The molecule has 1 aromatic heterocycles. The molecule has 1 amide bonds. The lowest BCUT2D eigenvalue weighted by molar-refractivity contribution is -0.131. The predicted octanol–water partition coefficient (Wildman–Crippen LogP) is 3.27. The standard InChI is InChI=1S/C15H21N3OS/c1-4-17(5-2)13(19)9-10-18-14-11(3)7-6-8-12(14)16-15(18)20/h6-8H,4-5,9-10H2,1-3H3,(H,16,20). The van der Waals surface area contributed by atoms with Gasteiger partial charge in [-0.05, 0) is 44.6 Å². The summed E-state index contributed by atoms with van der Waals surface area (Å²) in [5.41, 5.74) is 3.31. The third-order valence-corrected chi connectivity index (χ3v) is 3.98. The number of rotatable bonds is 5. The van der Waals surface area contributed by atoms with Crippen molar-refractivity contribution >= 4 is 29.2 Å². The first kappa shape index (κ1) is 14.8. The van der Waals surface area contributed by atoms with Crippen LogP contribution in [0.4, 0.5) is 0 Å². The molecule has 2 rings (SSSR count). The van der Waals surface area contributed by atoms with E-state index in [9.17, 15) is 4.79 Å². The van der Waals surface area contributed by atoms with Gasteiger partial charge >= 0.3 is 0 Å². The largest absolute Gasteiger partial charge is 0.343 e. The number of carbonyl (C=O) groups is 1. The van der Waals surface area contributed by atoms with Gasteiger partial charge in [-0.1, -0.05) is 12.1 Å². The Kier molecular flexibility index (Phi) is 4.60. The summed E-state index contributed by atoms with van der Waals surface area (Å²) < 4.78 is 2.71. The van der Waals surface area contributed by atoms with Gasteiger partial charge in [-0.15, -0.1) is 0 Å². The van der Waals surface area contributed by atoms with Gasteiger partial charge in [0.1, 0.15) is 0 Å². The summed E-state index contributed by atoms with van der Waals surface area (Å²) in [4.78, 5) is 17.2.